The van der Waals surface area contributed by atoms with Crippen molar-refractivity contribution in [2.75, 3.05) is 31.8 Å². The van der Waals surface area contributed by atoms with E-state index in [1.54, 1.807) is 49.1 Å². The van der Waals surface area contributed by atoms with Crippen LogP contribution in [0.15, 0.2) is 36.4 Å². The van der Waals surface area contributed by atoms with E-state index in [0.717, 1.165) is 11.3 Å². The lowest BCUT2D eigenvalue weighted by atomic mass is 10.1. The Kier molecular flexibility index (Phi) is 6.06. The fourth-order valence-electron chi connectivity index (χ4n) is 2.83. The number of para-hydroxylation sites is 1. The number of methoxy groups -OCH3 is 2. The van der Waals surface area contributed by atoms with Crippen molar-refractivity contribution in [3.05, 3.63) is 52.0 Å². The van der Waals surface area contributed by atoms with Gasteiger partial charge in [-0.25, -0.2) is 4.79 Å². The summed E-state index contributed by atoms with van der Waals surface area (Å²) < 4.78 is 10.9. The molecule has 8 heteroatoms. The van der Waals surface area contributed by atoms with E-state index in [1.165, 1.54) is 0 Å². The van der Waals surface area contributed by atoms with E-state index in [0.29, 0.717) is 33.8 Å². The minimum Gasteiger partial charge on any atom is -0.493 e. The Morgan fingerprint density at radius 3 is 2.69 bits per heavy atom. The van der Waals surface area contributed by atoms with E-state index in [4.69, 9.17) is 32.7 Å². The van der Waals surface area contributed by atoms with E-state index in [-0.39, 0.29) is 11.4 Å². The van der Waals surface area contributed by atoms with Crippen LogP contribution in [-0.4, -0.2) is 37.4 Å². The molecule has 2 amide bonds. The number of thioether (sulfide) groups is 1. The van der Waals surface area contributed by atoms with Crippen molar-refractivity contribution in [2.24, 2.45) is 0 Å². The van der Waals surface area contributed by atoms with Crippen molar-refractivity contribution >= 4 is 46.7 Å². The molecule has 1 saturated heterocycles. The molecule has 1 aliphatic heterocycles. The molecule has 0 bridgehead atoms. The number of nitrogens with one attached hydrogen (secondary N) is 1. The highest BCUT2D eigenvalue weighted by molar-refractivity contribution is 7.99. The summed E-state index contributed by atoms with van der Waals surface area (Å²) in [5.41, 5.74) is 1.37. The number of nitrogens with zero attached hydrogens (tertiary/aromatic N) is 1. The van der Waals surface area contributed by atoms with Gasteiger partial charge in [0, 0.05) is 17.9 Å². The SMILES string of the molecule is COc1cccc(C2SCCN2C(=O)Nc2cccc(Cl)c2Cl)c1OC. The number of carbonyl (C=O) groups excluding carboxylic acids is 1. The van der Waals surface area contributed by atoms with Crippen LogP contribution in [-0.2, 0) is 0 Å². The first kappa shape index (κ1) is 19.0. The van der Waals surface area contributed by atoms with Gasteiger partial charge in [0.1, 0.15) is 5.37 Å². The molecular formula is C18H18Cl2N2O3S. The lowest BCUT2D eigenvalue weighted by Crippen LogP contribution is -2.34. The van der Waals surface area contributed by atoms with Crippen molar-refractivity contribution in [2.45, 2.75) is 5.37 Å². The van der Waals surface area contributed by atoms with E-state index in [9.17, 15) is 4.79 Å². The van der Waals surface area contributed by atoms with Gasteiger partial charge in [0.25, 0.3) is 0 Å². The number of ether oxygens (including phenoxy) is 2. The summed E-state index contributed by atoms with van der Waals surface area (Å²) in [4.78, 5) is 14.6. The minimum absolute atomic E-state index is 0.182. The molecule has 138 valence electrons. The van der Waals surface area contributed by atoms with Crippen molar-refractivity contribution in [3.63, 3.8) is 0 Å². The van der Waals surface area contributed by atoms with Gasteiger partial charge in [-0.2, -0.15) is 0 Å². The number of halogens is 2. The molecule has 0 aliphatic carbocycles. The first-order valence-corrected chi connectivity index (χ1v) is 9.71. The standard InChI is InChI=1S/C18H18Cl2N2O3S/c1-24-14-8-3-5-11(16(14)25-2)17-22(9-10-26-17)18(23)21-13-7-4-6-12(19)15(13)20/h3-8,17H,9-10H2,1-2H3,(H,21,23). The Bertz CT molecular complexity index is 819. The van der Waals surface area contributed by atoms with Gasteiger partial charge in [0.15, 0.2) is 11.5 Å². The van der Waals surface area contributed by atoms with Crippen LogP contribution in [0.4, 0.5) is 10.5 Å². The van der Waals surface area contributed by atoms with Crippen molar-refractivity contribution in [3.8, 4) is 11.5 Å². The number of anilines is 1. The molecule has 0 saturated carbocycles. The molecule has 0 aromatic heterocycles. The lowest BCUT2D eigenvalue weighted by Gasteiger charge is -2.26. The topological polar surface area (TPSA) is 50.8 Å². The number of urea groups is 1. The second-order valence-electron chi connectivity index (χ2n) is 5.53. The molecule has 1 unspecified atom stereocenters. The van der Waals surface area contributed by atoms with Gasteiger partial charge in [-0.3, -0.25) is 0 Å². The smallest absolute Gasteiger partial charge is 0.323 e. The molecule has 1 atom stereocenters. The number of carbonyl (C=O) groups is 1. The van der Waals surface area contributed by atoms with Crippen LogP contribution >= 0.6 is 35.0 Å². The lowest BCUT2D eigenvalue weighted by molar-refractivity contribution is 0.213. The number of amides is 2. The fraction of sp³-hybridized carbons (Fsp3) is 0.278. The van der Waals surface area contributed by atoms with E-state index in [1.807, 2.05) is 18.2 Å². The molecule has 2 aromatic rings. The molecule has 1 heterocycles. The fourth-order valence-corrected chi connectivity index (χ4v) is 4.45. The van der Waals surface area contributed by atoms with Crippen LogP contribution in [0.25, 0.3) is 0 Å². The summed E-state index contributed by atoms with van der Waals surface area (Å²) in [5.74, 6) is 2.09. The molecule has 1 N–H and O–H groups in total. The first-order valence-electron chi connectivity index (χ1n) is 7.91. The van der Waals surface area contributed by atoms with Gasteiger partial charge in [0.05, 0.1) is 30.0 Å². The van der Waals surface area contributed by atoms with E-state index < -0.39 is 0 Å². The minimum atomic E-state index is -0.242. The molecule has 1 aliphatic rings. The molecule has 0 spiro atoms. The van der Waals surface area contributed by atoms with Crippen LogP contribution < -0.4 is 14.8 Å². The van der Waals surface area contributed by atoms with Crippen molar-refractivity contribution < 1.29 is 14.3 Å². The van der Waals surface area contributed by atoms with Gasteiger partial charge in [-0.15, -0.1) is 11.8 Å². The number of benzene rings is 2. The molecule has 26 heavy (non-hydrogen) atoms. The highest BCUT2D eigenvalue weighted by Crippen LogP contribution is 2.45. The number of hydrogen-bond acceptors (Lipinski definition) is 4. The summed E-state index contributed by atoms with van der Waals surface area (Å²) in [5, 5.41) is 3.38. The summed E-state index contributed by atoms with van der Waals surface area (Å²) in [7, 11) is 3.19. The predicted molar refractivity (Wildman–Crippen MR) is 107 cm³/mol. The first-order chi connectivity index (χ1) is 12.6. The summed E-state index contributed by atoms with van der Waals surface area (Å²) in [6, 6.07) is 10.6. The Balaban J connectivity index is 1.87. The maximum Gasteiger partial charge on any atom is 0.323 e. The molecule has 2 aromatic carbocycles. The Hall–Kier alpha value is -1.76. The molecular weight excluding hydrogens is 395 g/mol. The second-order valence-corrected chi connectivity index (χ2v) is 7.50. The molecule has 5 nitrogen and oxygen atoms in total. The van der Waals surface area contributed by atoms with Gasteiger partial charge < -0.3 is 19.7 Å². The van der Waals surface area contributed by atoms with Gasteiger partial charge in [0.2, 0.25) is 0 Å². The average Bonchev–Trinajstić information content (AvgIpc) is 3.14. The zero-order chi connectivity index (χ0) is 18.7. The zero-order valence-corrected chi connectivity index (χ0v) is 16.6. The van der Waals surface area contributed by atoms with Crippen LogP contribution in [0.3, 0.4) is 0 Å². The second kappa shape index (κ2) is 8.29. The Morgan fingerprint density at radius 2 is 1.96 bits per heavy atom. The van der Waals surface area contributed by atoms with Gasteiger partial charge in [-0.05, 0) is 18.2 Å². The Morgan fingerprint density at radius 1 is 1.19 bits per heavy atom. The van der Waals surface area contributed by atoms with Gasteiger partial charge >= 0.3 is 6.03 Å². The summed E-state index contributed by atoms with van der Waals surface area (Å²) >= 11 is 13.9. The monoisotopic (exact) mass is 412 g/mol. The third kappa shape index (κ3) is 3.68. The maximum atomic E-state index is 12.8. The van der Waals surface area contributed by atoms with Crippen LogP contribution in [0.2, 0.25) is 10.0 Å². The molecule has 3 rings (SSSR count). The van der Waals surface area contributed by atoms with Crippen LogP contribution in [0.1, 0.15) is 10.9 Å². The van der Waals surface area contributed by atoms with E-state index in [2.05, 4.69) is 5.32 Å². The zero-order valence-electron chi connectivity index (χ0n) is 14.3. The van der Waals surface area contributed by atoms with Crippen LogP contribution in [0, 0.1) is 0 Å². The summed E-state index contributed by atoms with van der Waals surface area (Å²) in [6.07, 6.45) is 0. The largest absolute Gasteiger partial charge is 0.493 e. The normalized spacial score (nSPS) is 16.5. The molecule has 0 radical (unpaired) electrons. The third-order valence-corrected chi connectivity index (χ3v) is 6.11. The summed E-state index contributed by atoms with van der Waals surface area (Å²) in [6.45, 7) is 0.611. The molecule has 1 fully saturated rings. The quantitative estimate of drug-likeness (QED) is 0.740. The van der Waals surface area contributed by atoms with Gasteiger partial charge in [-0.1, -0.05) is 41.4 Å². The predicted octanol–water partition coefficient (Wildman–Crippen LogP) is 5.29. The van der Waals surface area contributed by atoms with Crippen LogP contribution in [0.5, 0.6) is 11.5 Å². The number of rotatable bonds is 4. The van der Waals surface area contributed by atoms with E-state index >= 15 is 0 Å². The number of hydrogen-bond donors (Lipinski definition) is 1. The third-order valence-electron chi connectivity index (χ3n) is 4.04. The maximum absolute atomic E-state index is 12.8. The average molecular weight is 413 g/mol. The Labute approximate surface area is 166 Å². The highest BCUT2D eigenvalue weighted by Gasteiger charge is 2.33. The van der Waals surface area contributed by atoms with Crippen molar-refractivity contribution in [1.29, 1.82) is 0 Å². The highest BCUT2D eigenvalue weighted by atomic mass is 35.5. The van der Waals surface area contributed by atoms with Crippen molar-refractivity contribution in [1.82, 2.24) is 4.90 Å².